The van der Waals surface area contributed by atoms with Crippen LogP contribution in [0.25, 0.3) is 33.5 Å². The summed E-state index contributed by atoms with van der Waals surface area (Å²) in [4.78, 5) is 4.93. The van der Waals surface area contributed by atoms with Crippen LogP contribution in [0.3, 0.4) is 0 Å². The van der Waals surface area contributed by atoms with E-state index in [4.69, 9.17) is 9.72 Å². The van der Waals surface area contributed by atoms with E-state index < -0.39 is 0 Å². The first-order valence-electron chi connectivity index (χ1n) is 12.7. The molecule has 0 saturated carbocycles. The minimum Gasteiger partial charge on any atom is -0.457 e. The van der Waals surface area contributed by atoms with Crippen molar-refractivity contribution >= 4 is 22.7 Å². The van der Waals surface area contributed by atoms with Crippen molar-refractivity contribution in [3.8, 4) is 34.1 Å². The number of thioether (sulfide) groups is 1. The quantitative estimate of drug-likeness (QED) is 0.140. The van der Waals surface area contributed by atoms with Crippen LogP contribution in [0.2, 0.25) is 0 Å². The Bertz CT molecular complexity index is 1730. The van der Waals surface area contributed by atoms with Crippen molar-refractivity contribution in [3.05, 3.63) is 133 Å². The normalized spacial score (nSPS) is 11.0. The summed E-state index contributed by atoms with van der Waals surface area (Å²) in [5.41, 5.74) is 5.03. The number of pyridine rings is 1. The van der Waals surface area contributed by atoms with Gasteiger partial charge in [-0.05, 0) is 42.0 Å². The molecule has 6 heteroatoms. The molecule has 39 heavy (non-hydrogen) atoms. The SMILES string of the molecule is C=CCn1c(SCc2cccc(Oc3ccccc3)c2)nnc1-c1cc(-c2ccccc2)nc2ccccc12. The fraction of sp³-hybridized carbons (Fsp3) is 0.0606. The van der Waals surface area contributed by atoms with E-state index in [0.29, 0.717) is 6.54 Å². The number of fused-ring (bicyclic) bond motifs is 1. The minimum absolute atomic E-state index is 0.596. The lowest BCUT2D eigenvalue weighted by Gasteiger charge is -2.12. The largest absolute Gasteiger partial charge is 0.457 e. The molecular formula is C33H26N4OS. The average molecular weight is 527 g/mol. The lowest BCUT2D eigenvalue weighted by atomic mass is 10.0. The van der Waals surface area contributed by atoms with Gasteiger partial charge in [-0.25, -0.2) is 4.98 Å². The molecular weight excluding hydrogens is 500 g/mol. The molecule has 4 aromatic carbocycles. The summed E-state index contributed by atoms with van der Waals surface area (Å²) >= 11 is 1.65. The highest BCUT2D eigenvalue weighted by Gasteiger charge is 2.18. The molecule has 0 atom stereocenters. The molecule has 190 valence electrons. The number of rotatable bonds is 9. The fourth-order valence-electron chi connectivity index (χ4n) is 4.48. The van der Waals surface area contributed by atoms with E-state index in [9.17, 15) is 0 Å². The number of para-hydroxylation sites is 2. The van der Waals surface area contributed by atoms with Gasteiger partial charge >= 0.3 is 0 Å². The Hall–Kier alpha value is -4.68. The van der Waals surface area contributed by atoms with Gasteiger partial charge in [0.2, 0.25) is 0 Å². The van der Waals surface area contributed by atoms with Gasteiger partial charge in [-0.1, -0.05) is 96.7 Å². The summed E-state index contributed by atoms with van der Waals surface area (Å²) in [6.07, 6.45) is 1.88. The molecule has 0 radical (unpaired) electrons. The summed E-state index contributed by atoms with van der Waals surface area (Å²) in [7, 11) is 0. The van der Waals surface area contributed by atoms with E-state index in [1.165, 1.54) is 0 Å². The first-order chi connectivity index (χ1) is 19.3. The van der Waals surface area contributed by atoms with Gasteiger partial charge in [-0.15, -0.1) is 16.8 Å². The molecule has 0 aliphatic rings. The van der Waals surface area contributed by atoms with Crippen molar-refractivity contribution in [1.82, 2.24) is 19.7 Å². The van der Waals surface area contributed by atoms with Crippen LogP contribution in [0.5, 0.6) is 11.5 Å². The summed E-state index contributed by atoms with van der Waals surface area (Å²) in [5, 5.41) is 11.1. The van der Waals surface area contributed by atoms with E-state index in [0.717, 1.165) is 61.5 Å². The Balaban J connectivity index is 1.32. The standard InChI is InChI=1S/C33H26N4OS/c1-2-20-37-32(29-22-31(25-13-5-3-6-14-25)34-30-19-10-9-18-28(29)30)35-36-33(37)39-23-24-12-11-17-27(21-24)38-26-15-7-4-8-16-26/h2-19,21-22H,1,20,23H2. The van der Waals surface area contributed by atoms with Crippen LogP contribution in [0.1, 0.15) is 5.56 Å². The Morgan fingerprint density at radius 2 is 1.51 bits per heavy atom. The van der Waals surface area contributed by atoms with Crippen LogP contribution >= 0.6 is 11.8 Å². The van der Waals surface area contributed by atoms with Crippen LogP contribution in [-0.2, 0) is 12.3 Å². The zero-order valence-corrected chi connectivity index (χ0v) is 22.1. The minimum atomic E-state index is 0.596. The summed E-state index contributed by atoms with van der Waals surface area (Å²) < 4.78 is 8.15. The zero-order chi connectivity index (χ0) is 26.4. The van der Waals surface area contributed by atoms with Gasteiger partial charge in [-0.3, -0.25) is 4.57 Å². The highest BCUT2D eigenvalue weighted by atomic mass is 32.2. The Kier molecular flexibility index (Phi) is 7.19. The second-order valence-electron chi connectivity index (χ2n) is 8.99. The van der Waals surface area contributed by atoms with E-state index in [2.05, 4.69) is 57.7 Å². The Morgan fingerprint density at radius 1 is 0.769 bits per heavy atom. The maximum Gasteiger partial charge on any atom is 0.192 e. The van der Waals surface area contributed by atoms with E-state index >= 15 is 0 Å². The van der Waals surface area contributed by atoms with Crippen LogP contribution in [0, 0.1) is 0 Å². The van der Waals surface area contributed by atoms with Crippen molar-refractivity contribution in [1.29, 1.82) is 0 Å². The molecule has 0 fully saturated rings. The molecule has 0 saturated heterocycles. The van der Waals surface area contributed by atoms with Gasteiger partial charge in [0.25, 0.3) is 0 Å². The number of nitrogens with zero attached hydrogens (tertiary/aromatic N) is 4. The molecule has 5 nitrogen and oxygen atoms in total. The van der Waals surface area contributed by atoms with Crippen molar-refractivity contribution in [2.24, 2.45) is 0 Å². The number of benzene rings is 4. The van der Waals surface area contributed by atoms with E-state index in [-0.39, 0.29) is 0 Å². The first kappa shape index (κ1) is 24.6. The van der Waals surface area contributed by atoms with Crippen molar-refractivity contribution < 1.29 is 4.74 Å². The second kappa shape index (κ2) is 11.4. The van der Waals surface area contributed by atoms with Gasteiger partial charge in [0, 0.05) is 28.8 Å². The highest BCUT2D eigenvalue weighted by molar-refractivity contribution is 7.98. The summed E-state index contributed by atoms with van der Waals surface area (Å²) in [6, 6.07) is 38.5. The molecule has 6 rings (SSSR count). The second-order valence-corrected chi connectivity index (χ2v) is 9.94. The maximum atomic E-state index is 6.02. The summed E-state index contributed by atoms with van der Waals surface area (Å²) in [6.45, 7) is 4.59. The summed E-state index contributed by atoms with van der Waals surface area (Å²) in [5.74, 6) is 3.16. The number of hydrogen-bond acceptors (Lipinski definition) is 5. The molecule has 0 spiro atoms. The third-order valence-corrected chi connectivity index (χ3v) is 7.34. The first-order valence-corrected chi connectivity index (χ1v) is 13.7. The number of ether oxygens (including phenoxy) is 1. The van der Waals surface area contributed by atoms with Crippen molar-refractivity contribution in [2.75, 3.05) is 0 Å². The van der Waals surface area contributed by atoms with Gasteiger partial charge in [0.1, 0.15) is 11.5 Å². The van der Waals surface area contributed by atoms with Gasteiger partial charge in [0.15, 0.2) is 11.0 Å². The van der Waals surface area contributed by atoms with Crippen LogP contribution in [0.4, 0.5) is 0 Å². The molecule has 0 unspecified atom stereocenters. The van der Waals surface area contributed by atoms with Crippen LogP contribution in [0.15, 0.2) is 133 Å². The topological polar surface area (TPSA) is 52.8 Å². The maximum absolute atomic E-state index is 6.02. The lowest BCUT2D eigenvalue weighted by molar-refractivity contribution is 0.482. The van der Waals surface area contributed by atoms with E-state index in [1.54, 1.807) is 11.8 Å². The predicted molar refractivity (Wildman–Crippen MR) is 159 cm³/mol. The number of hydrogen-bond donors (Lipinski definition) is 0. The number of allylic oxidation sites excluding steroid dienone is 1. The molecule has 0 amide bonds. The van der Waals surface area contributed by atoms with Crippen LogP contribution in [-0.4, -0.2) is 19.7 Å². The molecule has 2 heterocycles. The number of aromatic nitrogens is 4. The van der Waals surface area contributed by atoms with Crippen LogP contribution < -0.4 is 4.74 Å². The lowest BCUT2D eigenvalue weighted by Crippen LogP contribution is -2.02. The Morgan fingerprint density at radius 3 is 2.33 bits per heavy atom. The molecule has 0 aliphatic carbocycles. The van der Waals surface area contributed by atoms with E-state index in [1.807, 2.05) is 84.9 Å². The van der Waals surface area contributed by atoms with Gasteiger partial charge < -0.3 is 4.74 Å². The average Bonchev–Trinajstić information content (AvgIpc) is 3.39. The predicted octanol–water partition coefficient (Wildman–Crippen LogP) is 8.43. The van der Waals surface area contributed by atoms with Gasteiger partial charge in [-0.2, -0.15) is 0 Å². The van der Waals surface area contributed by atoms with Gasteiger partial charge in [0.05, 0.1) is 11.2 Å². The highest BCUT2D eigenvalue weighted by Crippen LogP contribution is 2.34. The molecule has 0 N–H and O–H groups in total. The van der Waals surface area contributed by atoms with Crippen molar-refractivity contribution in [2.45, 2.75) is 17.5 Å². The third-order valence-electron chi connectivity index (χ3n) is 6.30. The Labute approximate surface area is 231 Å². The van der Waals surface area contributed by atoms with Crippen molar-refractivity contribution in [3.63, 3.8) is 0 Å². The third kappa shape index (κ3) is 5.47. The zero-order valence-electron chi connectivity index (χ0n) is 21.3. The molecule has 0 bridgehead atoms. The molecule has 2 aromatic heterocycles. The molecule has 6 aromatic rings. The smallest absolute Gasteiger partial charge is 0.192 e. The molecule has 0 aliphatic heterocycles. The monoisotopic (exact) mass is 526 g/mol. The fourth-order valence-corrected chi connectivity index (χ4v) is 5.37.